The van der Waals surface area contributed by atoms with Crippen molar-refractivity contribution in [2.45, 2.75) is 25.8 Å². The molecule has 0 bridgehead atoms. The lowest BCUT2D eigenvalue weighted by molar-refractivity contribution is 0.0596. The monoisotopic (exact) mass is 221 g/mol. The third-order valence-electron chi connectivity index (χ3n) is 2.43. The predicted octanol–water partition coefficient (Wildman–Crippen LogP) is 1.23. The number of terminal acetylenes is 1. The van der Waals surface area contributed by atoms with E-state index in [0.717, 1.165) is 6.42 Å². The summed E-state index contributed by atoms with van der Waals surface area (Å²) in [5, 5.41) is 0. The topological polar surface area (TPSA) is 70.1 Å². The summed E-state index contributed by atoms with van der Waals surface area (Å²) in [4.78, 5) is 15.2. The van der Waals surface area contributed by atoms with E-state index in [-0.39, 0.29) is 11.7 Å². The summed E-state index contributed by atoms with van der Waals surface area (Å²) in [6.07, 6.45) is 8.17. The first-order valence-electron chi connectivity index (χ1n) is 4.99. The van der Waals surface area contributed by atoms with Gasteiger partial charge in [0.05, 0.1) is 13.4 Å². The molecule has 1 rings (SSSR count). The number of esters is 1. The van der Waals surface area contributed by atoms with Crippen molar-refractivity contribution in [1.29, 1.82) is 0 Å². The second-order valence-corrected chi connectivity index (χ2v) is 3.35. The molecule has 0 aliphatic heterocycles. The normalized spacial score (nSPS) is 11.8. The molecule has 0 amide bonds. The second kappa shape index (κ2) is 5.21. The molecule has 0 aromatic carbocycles. The van der Waals surface area contributed by atoms with Gasteiger partial charge in [0.2, 0.25) is 0 Å². The van der Waals surface area contributed by atoms with E-state index in [0.29, 0.717) is 12.2 Å². The van der Waals surface area contributed by atoms with Crippen LogP contribution in [0.3, 0.4) is 0 Å². The van der Waals surface area contributed by atoms with Crippen LogP contribution in [0.5, 0.6) is 0 Å². The Balaban J connectivity index is 3.03. The van der Waals surface area contributed by atoms with Crippen LogP contribution < -0.4 is 5.73 Å². The van der Waals surface area contributed by atoms with Gasteiger partial charge in [0.15, 0.2) is 5.69 Å². The Bertz CT molecular complexity index is 417. The third-order valence-corrected chi connectivity index (χ3v) is 2.43. The van der Waals surface area contributed by atoms with Gasteiger partial charge in [-0.1, -0.05) is 6.92 Å². The van der Waals surface area contributed by atoms with Crippen LogP contribution in [0.2, 0.25) is 0 Å². The molecule has 1 aromatic rings. The van der Waals surface area contributed by atoms with Crippen LogP contribution >= 0.6 is 0 Å². The number of methoxy groups -OCH3 is 1. The van der Waals surface area contributed by atoms with Crippen molar-refractivity contribution in [2.24, 2.45) is 0 Å². The van der Waals surface area contributed by atoms with Crippen LogP contribution in [-0.2, 0) is 4.74 Å². The zero-order valence-electron chi connectivity index (χ0n) is 9.43. The molecule has 0 radical (unpaired) electrons. The average molecular weight is 221 g/mol. The number of rotatable bonds is 4. The van der Waals surface area contributed by atoms with Crippen LogP contribution in [0.15, 0.2) is 6.33 Å². The lowest BCUT2D eigenvalue weighted by atomic mass is 10.1. The van der Waals surface area contributed by atoms with Crippen LogP contribution in [0.25, 0.3) is 0 Å². The van der Waals surface area contributed by atoms with E-state index in [4.69, 9.17) is 12.2 Å². The predicted molar refractivity (Wildman–Crippen MR) is 60.8 cm³/mol. The number of ether oxygens (including phenoxy) is 1. The molecule has 86 valence electrons. The zero-order valence-corrected chi connectivity index (χ0v) is 9.43. The third kappa shape index (κ3) is 2.16. The summed E-state index contributed by atoms with van der Waals surface area (Å²) in [5.74, 6) is 2.34. The van der Waals surface area contributed by atoms with Gasteiger partial charge in [-0.05, 0) is 6.42 Å². The number of aromatic nitrogens is 2. The van der Waals surface area contributed by atoms with Gasteiger partial charge in [-0.2, -0.15) is 0 Å². The largest absolute Gasteiger partial charge is 0.464 e. The maximum absolute atomic E-state index is 11.3. The number of nitrogens with zero attached hydrogens (tertiary/aromatic N) is 2. The summed E-state index contributed by atoms with van der Waals surface area (Å²) in [6, 6.07) is 0.0657. The van der Waals surface area contributed by atoms with Gasteiger partial charge in [0, 0.05) is 12.5 Å². The zero-order chi connectivity index (χ0) is 12.1. The van der Waals surface area contributed by atoms with E-state index in [9.17, 15) is 4.79 Å². The van der Waals surface area contributed by atoms with Gasteiger partial charge in [-0.3, -0.25) is 0 Å². The Hall–Kier alpha value is -1.96. The Labute approximate surface area is 94.6 Å². The number of anilines is 1. The highest BCUT2D eigenvalue weighted by Crippen LogP contribution is 2.22. The lowest BCUT2D eigenvalue weighted by Crippen LogP contribution is -2.12. The molecule has 1 aromatic heterocycles. The fourth-order valence-electron chi connectivity index (χ4n) is 1.49. The van der Waals surface area contributed by atoms with E-state index in [1.54, 1.807) is 4.57 Å². The number of imidazole rings is 1. The fourth-order valence-corrected chi connectivity index (χ4v) is 1.49. The summed E-state index contributed by atoms with van der Waals surface area (Å²) in [6.45, 7) is 2.00. The van der Waals surface area contributed by atoms with E-state index < -0.39 is 5.97 Å². The molecule has 1 atom stereocenters. The Morgan fingerprint density at radius 2 is 2.50 bits per heavy atom. The number of nitrogen functional groups attached to an aromatic ring is 1. The number of hydrogen-bond acceptors (Lipinski definition) is 4. The first-order chi connectivity index (χ1) is 7.65. The SMILES string of the molecule is C#CCC(CC)n1cnc(C(=O)OC)c1N. The van der Waals surface area contributed by atoms with Crippen molar-refractivity contribution in [2.75, 3.05) is 12.8 Å². The molecule has 2 N–H and O–H groups in total. The van der Waals surface area contributed by atoms with Gasteiger partial charge in [-0.15, -0.1) is 12.3 Å². The first kappa shape index (κ1) is 12.1. The first-order valence-corrected chi connectivity index (χ1v) is 4.99. The molecular weight excluding hydrogens is 206 g/mol. The molecule has 5 nitrogen and oxygen atoms in total. The van der Waals surface area contributed by atoms with E-state index in [2.05, 4.69) is 15.6 Å². The molecule has 5 heteroatoms. The highest BCUT2D eigenvalue weighted by Gasteiger charge is 2.19. The highest BCUT2D eigenvalue weighted by atomic mass is 16.5. The summed E-state index contributed by atoms with van der Waals surface area (Å²) >= 11 is 0. The van der Waals surface area contributed by atoms with Crippen LogP contribution in [0, 0.1) is 12.3 Å². The van der Waals surface area contributed by atoms with Crippen molar-refractivity contribution in [3.05, 3.63) is 12.0 Å². The molecule has 1 heterocycles. The van der Waals surface area contributed by atoms with Crippen molar-refractivity contribution in [3.63, 3.8) is 0 Å². The quantitative estimate of drug-likeness (QED) is 0.613. The maximum Gasteiger partial charge on any atom is 0.360 e. The molecule has 0 fully saturated rings. The fraction of sp³-hybridized carbons (Fsp3) is 0.455. The van der Waals surface area contributed by atoms with E-state index in [1.807, 2.05) is 6.92 Å². The molecule has 0 spiro atoms. The van der Waals surface area contributed by atoms with Gasteiger partial charge < -0.3 is 15.0 Å². The second-order valence-electron chi connectivity index (χ2n) is 3.35. The number of hydrogen-bond donors (Lipinski definition) is 1. The molecule has 0 saturated heterocycles. The minimum absolute atomic E-state index is 0.0657. The van der Waals surface area contributed by atoms with Crippen LogP contribution in [-0.4, -0.2) is 22.6 Å². The van der Waals surface area contributed by atoms with E-state index in [1.165, 1.54) is 13.4 Å². The molecule has 0 aliphatic carbocycles. The van der Waals surface area contributed by atoms with Gasteiger partial charge >= 0.3 is 5.97 Å². The van der Waals surface area contributed by atoms with Crippen LogP contribution in [0.4, 0.5) is 5.82 Å². The molecule has 1 unspecified atom stereocenters. The standard InChI is InChI=1S/C11H15N3O2/c1-4-6-8(5-2)14-7-13-9(10(14)12)11(15)16-3/h1,7-8H,5-6,12H2,2-3H3. The Kier molecular flexibility index (Phi) is 3.95. The average Bonchev–Trinajstić information content (AvgIpc) is 2.67. The maximum atomic E-state index is 11.3. The smallest absolute Gasteiger partial charge is 0.360 e. The summed E-state index contributed by atoms with van der Waals surface area (Å²) in [5.41, 5.74) is 5.95. The van der Waals surface area contributed by atoms with Crippen molar-refractivity contribution in [3.8, 4) is 12.3 Å². The van der Waals surface area contributed by atoms with Crippen LogP contribution in [0.1, 0.15) is 36.3 Å². The van der Waals surface area contributed by atoms with Crippen molar-refractivity contribution in [1.82, 2.24) is 9.55 Å². The van der Waals surface area contributed by atoms with Gasteiger partial charge in [-0.25, -0.2) is 9.78 Å². The number of nitrogens with two attached hydrogens (primary N) is 1. The molecule has 0 saturated carbocycles. The highest BCUT2D eigenvalue weighted by molar-refractivity contribution is 5.92. The molecule has 0 aliphatic rings. The van der Waals surface area contributed by atoms with E-state index >= 15 is 0 Å². The summed E-state index contributed by atoms with van der Waals surface area (Å²) in [7, 11) is 1.29. The minimum atomic E-state index is -0.535. The van der Waals surface area contributed by atoms with Gasteiger partial charge in [0.1, 0.15) is 5.82 Å². The van der Waals surface area contributed by atoms with Crippen molar-refractivity contribution >= 4 is 11.8 Å². The molecule has 16 heavy (non-hydrogen) atoms. The Morgan fingerprint density at radius 1 is 1.81 bits per heavy atom. The Morgan fingerprint density at radius 3 is 3.00 bits per heavy atom. The summed E-state index contributed by atoms with van der Waals surface area (Å²) < 4.78 is 6.28. The number of carbonyl (C=O) groups is 1. The molecular formula is C11H15N3O2. The number of carbonyl (C=O) groups excluding carboxylic acids is 1. The minimum Gasteiger partial charge on any atom is -0.464 e. The lowest BCUT2D eigenvalue weighted by Gasteiger charge is -2.15. The van der Waals surface area contributed by atoms with Gasteiger partial charge in [0.25, 0.3) is 0 Å². The van der Waals surface area contributed by atoms with Crippen molar-refractivity contribution < 1.29 is 9.53 Å².